The van der Waals surface area contributed by atoms with Gasteiger partial charge in [0, 0.05) is 27.2 Å². The molecule has 6 heteroatoms. The predicted octanol–water partition coefficient (Wildman–Crippen LogP) is 0.852. The predicted molar refractivity (Wildman–Crippen MR) is 70.8 cm³/mol. The minimum Gasteiger partial charge on any atom is -0.481 e. The Bertz CT molecular complexity index is 347. The molecule has 0 saturated carbocycles. The first-order valence-electron chi connectivity index (χ1n) is 6.60. The molecule has 1 unspecified atom stereocenters. The summed E-state index contributed by atoms with van der Waals surface area (Å²) in [5.41, 5.74) is -1.22. The molecule has 2 amide bonds. The van der Waals surface area contributed by atoms with Gasteiger partial charge in [0.1, 0.15) is 0 Å². The summed E-state index contributed by atoms with van der Waals surface area (Å²) in [6.45, 7) is 4.39. The van der Waals surface area contributed by atoms with E-state index in [0.717, 1.165) is 0 Å². The van der Waals surface area contributed by atoms with Crippen LogP contribution in [0.3, 0.4) is 0 Å². The summed E-state index contributed by atoms with van der Waals surface area (Å²) in [6.07, 6.45) is 0.615. The standard InChI is InChI=1S/C13H24N2O4/c1-9(2)10(11(16)17)13(19)5-7-15(8-6-13)12(18)14(3)4/h9-10,19H,5-8H2,1-4H3,(H,16,17). The molecule has 0 aromatic rings. The molecule has 1 atom stereocenters. The number of aliphatic carboxylic acids is 1. The normalized spacial score (nSPS) is 20.2. The minimum absolute atomic E-state index is 0.0986. The van der Waals surface area contributed by atoms with Crippen LogP contribution < -0.4 is 0 Å². The van der Waals surface area contributed by atoms with E-state index in [-0.39, 0.29) is 11.9 Å². The lowest BCUT2D eigenvalue weighted by molar-refractivity contribution is -0.159. The fourth-order valence-corrected chi connectivity index (χ4v) is 2.81. The second kappa shape index (κ2) is 5.77. The highest BCUT2D eigenvalue weighted by Gasteiger charge is 2.45. The van der Waals surface area contributed by atoms with Crippen molar-refractivity contribution in [2.75, 3.05) is 27.2 Å². The van der Waals surface area contributed by atoms with Crippen LogP contribution in [-0.2, 0) is 4.79 Å². The third-order valence-corrected chi connectivity index (χ3v) is 3.79. The highest BCUT2D eigenvalue weighted by Crippen LogP contribution is 2.34. The Morgan fingerprint density at radius 2 is 1.68 bits per heavy atom. The summed E-state index contributed by atoms with van der Waals surface area (Å²) < 4.78 is 0. The van der Waals surface area contributed by atoms with Crippen molar-refractivity contribution < 1.29 is 19.8 Å². The number of carbonyl (C=O) groups excluding carboxylic acids is 1. The van der Waals surface area contributed by atoms with Crippen LogP contribution in [0.15, 0.2) is 0 Å². The summed E-state index contributed by atoms with van der Waals surface area (Å²) in [7, 11) is 3.36. The second-order valence-corrected chi connectivity index (χ2v) is 5.83. The third kappa shape index (κ3) is 3.37. The molecule has 1 rings (SSSR count). The van der Waals surface area contributed by atoms with E-state index in [4.69, 9.17) is 0 Å². The first-order valence-corrected chi connectivity index (χ1v) is 6.60. The zero-order valence-electron chi connectivity index (χ0n) is 12.1. The molecule has 1 aliphatic heterocycles. The Morgan fingerprint density at radius 1 is 1.21 bits per heavy atom. The molecule has 1 heterocycles. The van der Waals surface area contributed by atoms with E-state index in [2.05, 4.69) is 0 Å². The van der Waals surface area contributed by atoms with Crippen LogP contribution in [0.1, 0.15) is 26.7 Å². The molecule has 0 radical (unpaired) electrons. The van der Waals surface area contributed by atoms with Crippen LogP contribution in [0.2, 0.25) is 0 Å². The third-order valence-electron chi connectivity index (χ3n) is 3.79. The molecule has 110 valence electrons. The Kier molecular flexibility index (Phi) is 4.79. The number of likely N-dealkylation sites (tertiary alicyclic amines) is 1. The van der Waals surface area contributed by atoms with Crippen LogP contribution >= 0.6 is 0 Å². The van der Waals surface area contributed by atoms with E-state index in [1.54, 1.807) is 32.8 Å². The number of nitrogens with zero attached hydrogens (tertiary/aromatic N) is 2. The lowest BCUT2D eigenvalue weighted by atomic mass is 9.74. The van der Waals surface area contributed by atoms with Crippen molar-refractivity contribution in [3.05, 3.63) is 0 Å². The van der Waals surface area contributed by atoms with Crippen LogP contribution in [0.4, 0.5) is 4.79 Å². The average molecular weight is 272 g/mol. The molecule has 0 bridgehead atoms. The van der Waals surface area contributed by atoms with Gasteiger partial charge in [0.25, 0.3) is 0 Å². The number of urea groups is 1. The lowest BCUT2D eigenvalue weighted by Crippen LogP contribution is -2.55. The molecule has 0 aromatic heterocycles. The quantitative estimate of drug-likeness (QED) is 0.798. The van der Waals surface area contributed by atoms with Gasteiger partial charge in [-0.05, 0) is 18.8 Å². The molecule has 0 aromatic carbocycles. The van der Waals surface area contributed by atoms with Gasteiger partial charge in [0.15, 0.2) is 0 Å². The Balaban J connectivity index is 2.75. The number of carboxylic acids is 1. The number of amides is 2. The van der Waals surface area contributed by atoms with Gasteiger partial charge in [0.05, 0.1) is 11.5 Å². The first-order chi connectivity index (χ1) is 8.69. The Morgan fingerprint density at radius 3 is 2.00 bits per heavy atom. The average Bonchev–Trinajstić information content (AvgIpc) is 2.27. The largest absolute Gasteiger partial charge is 0.481 e. The van der Waals surface area contributed by atoms with Crippen molar-refractivity contribution in [3.8, 4) is 0 Å². The molecule has 6 nitrogen and oxygen atoms in total. The van der Waals surface area contributed by atoms with Crippen molar-refractivity contribution in [1.29, 1.82) is 0 Å². The van der Waals surface area contributed by atoms with Crippen molar-refractivity contribution in [1.82, 2.24) is 9.80 Å². The zero-order chi connectivity index (χ0) is 14.8. The van der Waals surface area contributed by atoms with E-state index in [1.807, 2.05) is 0 Å². The van der Waals surface area contributed by atoms with Gasteiger partial charge in [-0.15, -0.1) is 0 Å². The van der Waals surface area contributed by atoms with Crippen LogP contribution in [0.5, 0.6) is 0 Å². The highest BCUT2D eigenvalue weighted by molar-refractivity contribution is 5.74. The van der Waals surface area contributed by atoms with E-state index in [9.17, 15) is 19.8 Å². The molecule has 1 aliphatic rings. The molecular formula is C13H24N2O4. The van der Waals surface area contributed by atoms with Crippen LogP contribution in [-0.4, -0.2) is 64.8 Å². The van der Waals surface area contributed by atoms with Gasteiger partial charge in [-0.25, -0.2) is 4.79 Å². The van der Waals surface area contributed by atoms with Crippen molar-refractivity contribution in [2.24, 2.45) is 11.8 Å². The number of rotatable bonds is 3. The summed E-state index contributed by atoms with van der Waals surface area (Å²) in [4.78, 5) is 26.3. The molecule has 19 heavy (non-hydrogen) atoms. The van der Waals surface area contributed by atoms with Gasteiger partial charge in [-0.3, -0.25) is 4.79 Å². The van der Waals surface area contributed by atoms with E-state index < -0.39 is 17.5 Å². The summed E-state index contributed by atoms with van der Waals surface area (Å²) in [5.74, 6) is -1.90. The smallest absolute Gasteiger partial charge is 0.319 e. The fourth-order valence-electron chi connectivity index (χ4n) is 2.81. The van der Waals surface area contributed by atoms with Gasteiger partial charge >= 0.3 is 12.0 Å². The first kappa shape index (κ1) is 15.8. The van der Waals surface area contributed by atoms with Crippen LogP contribution in [0, 0.1) is 11.8 Å². The van der Waals surface area contributed by atoms with Crippen molar-refractivity contribution in [3.63, 3.8) is 0 Å². The molecule has 1 saturated heterocycles. The van der Waals surface area contributed by atoms with Crippen molar-refractivity contribution in [2.45, 2.75) is 32.3 Å². The monoisotopic (exact) mass is 272 g/mol. The van der Waals surface area contributed by atoms with Gasteiger partial charge in [-0.1, -0.05) is 13.8 Å². The Labute approximate surface area is 114 Å². The summed E-state index contributed by atoms with van der Waals surface area (Å²) in [6, 6.07) is -0.0986. The maximum Gasteiger partial charge on any atom is 0.319 e. The lowest BCUT2D eigenvalue weighted by Gasteiger charge is -2.43. The van der Waals surface area contributed by atoms with Gasteiger partial charge in [0.2, 0.25) is 0 Å². The molecule has 0 spiro atoms. The van der Waals surface area contributed by atoms with E-state index in [1.165, 1.54) is 4.90 Å². The molecule has 2 N–H and O–H groups in total. The number of carbonyl (C=O) groups is 2. The van der Waals surface area contributed by atoms with Crippen LogP contribution in [0.25, 0.3) is 0 Å². The topological polar surface area (TPSA) is 81.1 Å². The Hall–Kier alpha value is -1.30. The molecular weight excluding hydrogens is 248 g/mol. The second-order valence-electron chi connectivity index (χ2n) is 5.83. The number of hydrogen-bond donors (Lipinski definition) is 2. The number of carboxylic acid groups (broad SMARTS) is 1. The molecule has 1 fully saturated rings. The number of piperidine rings is 1. The maximum absolute atomic E-state index is 11.8. The fraction of sp³-hybridized carbons (Fsp3) is 0.846. The minimum atomic E-state index is -1.22. The van der Waals surface area contributed by atoms with Crippen molar-refractivity contribution >= 4 is 12.0 Å². The van der Waals surface area contributed by atoms with E-state index >= 15 is 0 Å². The zero-order valence-corrected chi connectivity index (χ0v) is 12.1. The molecule has 0 aliphatic carbocycles. The maximum atomic E-state index is 11.8. The van der Waals surface area contributed by atoms with E-state index in [0.29, 0.717) is 25.9 Å². The summed E-state index contributed by atoms with van der Waals surface area (Å²) >= 11 is 0. The van der Waals surface area contributed by atoms with Gasteiger partial charge < -0.3 is 20.0 Å². The summed E-state index contributed by atoms with van der Waals surface area (Å²) in [5, 5.41) is 19.9. The SMILES string of the molecule is CC(C)C(C(=O)O)C1(O)CCN(C(=O)N(C)C)CC1. The number of hydrogen-bond acceptors (Lipinski definition) is 3. The van der Waals surface area contributed by atoms with Gasteiger partial charge in [-0.2, -0.15) is 0 Å². The highest BCUT2D eigenvalue weighted by atomic mass is 16.4. The number of aliphatic hydroxyl groups is 1.